The van der Waals surface area contributed by atoms with Crippen LogP contribution in [0.25, 0.3) is 5.57 Å². The van der Waals surface area contributed by atoms with Crippen molar-refractivity contribution < 1.29 is 0 Å². The fraction of sp³-hybridized carbons (Fsp3) is 0.200. The summed E-state index contributed by atoms with van der Waals surface area (Å²) in [7, 11) is 0. The first-order valence-electron chi connectivity index (χ1n) is 3.57. The predicted octanol–water partition coefficient (Wildman–Crippen LogP) is 0.797. The van der Waals surface area contributed by atoms with Crippen molar-refractivity contribution in [3.8, 4) is 0 Å². The SMILES string of the molecule is CC(C)=c1ccc(=C=N)cc1. The average molecular weight is 145 g/mol. The third-order valence-electron chi connectivity index (χ3n) is 1.61. The van der Waals surface area contributed by atoms with Crippen LogP contribution >= 0.6 is 0 Å². The monoisotopic (exact) mass is 145 g/mol. The second-order valence-electron chi connectivity index (χ2n) is 2.70. The minimum absolute atomic E-state index is 0.829. The summed E-state index contributed by atoms with van der Waals surface area (Å²) < 4.78 is 0. The maximum absolute atomic E-state index is 6.86. The van der Waals surface area contributed by atoms with Crippen molar-refractivity contribution >= 4 is 11.4 Å². The molecule has 1 rings (SSSR count). The first-order chi connectivity index (χ1) is 5.24. The zero-order valence-electron chi connectivity index (χ0n) is 6.81. The van der Waals surface area contributed by atoms with Crippen molar-refractivity contribution in [2.75, 3.05) is 0 Å². The van der Waals surface area contributed by atoms with E-state index in [2.05, 4.69) is 19.7 Å². The van der Waals surface area contributed by atoms with Crippen LogP contribution in [0, 0.1) is 5.41 Å². The van der Waals surface area contributed by atoms with Gasteiger partial charge in [-0.1, -0.05) is 17.7 Å². The van der Waals surface area contributed by atoms with Gasteiger partial charge in [-0.25, -0.2) is 0 Å². The number of hydrogen-bond acceptors (Lipinski definition) is 1. The average Bonchev–Trinajstić information content (AvgIpc) is 2.05. The van der Waals surface area contributed by atoms with Crippen molar-refractivity contribution in [2.24, 2.45) is 0 Å². The van der Waals surface area contributed by atoms with Crippen LogP contribution in [0.3, 0.4) is 0 Å². The molecule has 11 heavy (non-hydrogen) atoms. The molecule has 1 heteroatoms. The quantitative estimate of drug-likeness (QED) is 0.522. The van der Waals surface area contributed by atoms with Crippen LogP contribution in [0.5, 0.6) is 0 Å². The van der Waals surface area contributed by atoms with Gasteiger partial charge in [-0.2, -0.15) is 0 Å². The van der Waals surface area contributed by atoms with Crippen LogP contribution in [0.1, 0.15) is 13.8 Å². The van der Waals surface area contributed by atoms with E-state index < -0.39 is 0 Å². The van der Waals surface area contributed by atoms with E-state index in [1.807, 2.05) is 24.3 Å². The Bertz CT molecular complexity index is 356. The fourth-order valence-electron chi connectivity index (χ4n) is 0.887. The van der Waals surface area contributed by atoms with Gasteiger partial charge in [0, 0.05) is 5.22 Å². The Morgan fingerprint density at radius 1 is 1.18 bits per heavy atom. The van der Waals surface area contributed by atoms with Crippen molar-refractivity contribution in [3.63, 3.8) is 0 Å². The molecule has 1 aromatic carbocycles. The second-order valence-corrected chi connectivity index (χ2v) is 2.70. The zero-order valence-corrected chi connectivity index (χ0v) is 6.81. The molecule has 0 saturated carbocycles. The highest BCUT2D eigenvalue weighted by atomic mass is 14.3. The highest BCUT2D eigenvalue weighted by Gasteiger charge is 1.80. The van der Waals surface area contributed by atoms with Crippen LogP contribution in [0.4, 0.5) is 0 Å². The molecule has 0 atom stereocenters. The predicted molar refractivity (Wildman–Crippen MR) is 47.3 cm³/mol. The fourth-order valence-corrected chi connectivity index (χ4v) is 0.887. The topological polar surface area (TPSA) is 23.9 Å². The molecule has 0 saturated heterocycles. The van der Waals surface area contributed by atoms with E-state index in [1.54, 1.807) is 0 Å². The van der Waals surface area contributed by atoms with Crippen LogP contribution < -0.4 is 10.4 Å². The van der Waals surface area contributed by atoms with Crippen molar-refractivity contribution in [1.82, 2.24) is 0 Å². The van der Waals surface area contributed by atoms with Crippen LogP contribution in [0.2, 0.25) is 0 Å². The summed E-state index contributed by atoms with van der Waals surface area (Å²) in [5.41, 5.74) is 1.29. The first kappa shape index (κ1) is 7.77. The van der Waals surface area contributed by atoms with Crippen LogP contribution in [-0.2, 0) is 0 Å². The summed E-state index contributed by atoms with van der Waals surface area (Å²) in [6.45, 7) is 4.15. The minimum Gasteiger partial charge on any atom is -0.258 e. The number of rotatable bonds is 0. The lowest BCUT2D eigenvalue weighted by Gasteiger charge is -1.88. The van der Waals surface area contributed by atoms with Gasteiger partial charge in [0.2, 0.25) is 0 Å². The standard InChI is InChI=1S/C10H11N/c1-8(2)10-5-3-9(7-11)4-6-10/h3-6,11H,1-2H3. The summed E-state index contributed by atoms with van der Waals surface area (Å²) in [5, 5.41) is 8.92. The van der Waals surface area contributed by atoms with Gasteiger partial charge in [0.15, 0.2) is 0 Å². The van der Waals surface area contributed by atoms with Gasteiger partial charge < -0.3 is 0 Å². The summed E-state index contributed by atoms with van der Waals surface area (Å²) in [5.74, 6) is 2.33. The molecule has 1 N–H and O–H groups in total. The molecule has 0 unspecified atom stereocenters. The summed E-state index contributed by atoms with van der Waals surface area (Å²) in [6.07, 6.45) is 0. The molecule has 0 aliphatic carbocycles. The summed E-state index contributed by atoms with van der Waals surface area (Å²) in [4.78, 5) is 0. The second kappa shape index (κ2) is 3.18. The molecule has 56 valence electrons. The lowest BCUT2D eigenvalue weighted by molar-refractivity contribution is 1.46. The summed E-state index contributed by atoms with van der Waals surface area (Å²) >= 11 is 0. The molecule has 1 aromatic rings. The molecule has 0 heterocycles. The number of nitrogens with one attached hydrogen (secondary N) is 1. The molecule has 0 fully saturated rings. The van der Waals surface area contributed by atoms with Crippen molar-refractivity contribution in [2.45, 2.75) is 13.8 Å². The van der Waals surface area contributed by atoms with Crippen molar-refractivity contribution in [1.29, 1.82) is 5.41 Å². The number of benzene rings is 1. The van der Waals surface area contributed by atoms with E-state index in [0.717, 1.165) is 5.22 Å². The van der Waals surface area contributed by atoms with E-state index in [1.165, 1.54) is 10.8 Å². The smallest absolute Gasteiger partial charge is 0.0354 e. The molecule has 0 spiro atoms. The lowest BCUT2D eigenvalue weighted by atomic mass is 10.2. The Balaban J connectivity index is 3.45. The van der Waals surface area contributed by atoms with E-state index in [9.17, 15) is 0 Å². The summed E-state index contributed by atoms with van der Waals surface area (Å²) in [6, 6.07) is 7.81. The Hall–Kier alpha value is -1.33. The van der Waals surface area contributed by atoms with Gasteiger partial charge in [-0.05, 0) is 37.1 Å². The lowest BCUT2D eigenvalue weighted by Crippen LogP contribution is -2.08. The normalized spacial score (nSPS) is 8.91. The third kappa shape index (κ3) is 1.79. The number of hydrogen-bond donors (Lipinski definition) is 1. The third-order valence-corrected chi connectivity index (χ3v) is 1.61. The maximum atomic E-state index is 6.86. The van der Waals surface area contributed by atoms with Gasteiger partial charge in [-0.15, -0.1) is 0 Å². The van der Waals surface area contributed by atoms with Crippen LogP contribution in [0.15, 0.2) is 24.3 Å². The minimum atomic E-state index is 0.829. The van der Waals surface area contributed by atoms with E-state index in [0.29, 0.717) is 0 Å². The Morgan fingerprint density at radius 3 is 2.09 bits per heavy atom. The van der Waals surface area contributed by atoms with E-state index >= 15 is 0 Å². The Morgan fingerprint density at radius 2 is 1.73 bits per heavy atom. The largest absolute Gasteiger partial charge is 0.258 e. The molecule has 0 amide bonds. The molecule has 0 aliphatic rings. The Kier molecular flexibility index (Phi) is 2.25. The van der Waals surface area contributed by atoms with Gasteiger partial charge in [0.1, 0.15) is 0 Å². The van der Waals surface area contributed by atoms with Crippen molar-refractivity contribution in [3.05, 3.63) is 34.7 Å². The molecule has 1 nitrogen and oxygen atoms in total. The van der Waals surface area contributed by atoms with Crippen LogP contribution in [-0.4, -0.2) is 5.87 Å². The van der Waals surface area contributed by atoms with E-state index in [-0.39, 0.29) is 0 Å². The highest BCUT2D eigenvalue weighted by Crippen LogP contribution is 1.83. The molecule has 0 aliphatic heterocycles. The molecular weight excluding hydrogens is 134 g/mol. The van der Waals surface area contributed by atoms with Gasteiger partial charge in [0.05, 0.1) is 0 Å². The first-order valence-corrected chi connectivity index (χ1v) is 3.57. The molecule has 0 aromatic heterocycles. The molecule has 0 radical (unpaired) electrons. The molecular formula is C10H11N. The zero-order chi connectivity index (χ0) is 8.27. The van der Waals surface area contributed by atoms with Gasteiger partial charge >= 0.3 is 0 Å². The molecule has 0 bridgehead atoms. The van der Waals surface area contributed by atoms with Gasteiger partial charge in [-0.3, -0.25) is 5.41 Å². The van der Waals surface area contributed by atoms with E-state index in [4.69, 9.17) is 5.41 Å². The van der Waals surface area contributed by atoms with Gasteiger partial charge in [0.25, 0.3) is 0 Å². The Labute approximate surface area is 66.2 Å². The highest BCUT2D eigenvalue weighted by molar-refractivity contribution is 5.48. The maximum Gasteiger partial charge on any atom is 0.0354 e.